The molecule has 0 atom stereocenters. The molecule has 1 N–H and O–H groups in total. The molecule has 4 nitrogen and oxygen atoms in total. The Morgan fingerprint density at radius 2 is 2.00 bits per heavy atom. The summed E-state index contributed by atoms with van der Waals surface area (Å²) in [7, 11) is -3.58. The molecule has 58 valence electrons. The van der Waals surface area contributed by atoms with Gasteiger partial charge in [0.05, 0.1) is 17.6 Å². The molecule has 0 heterocycles. The second-order valence-electron chi connectivity index (χ2n) is 1.40. The van der Waals surface area contributed by atoms with E-state index in [0.717, 1.165) is 0 Å². The van der Waals surface area contributed by atoms with E-state index in [1.165, 1.54) is 0 Å². The summed E-state index contributed by atoms with van der Waals surface area (Å²) in [6.45, 7) is -0.181. The van der Waals surface area contributed by atoms with Crippen molar-refractivity contribution in [1.29, 1.82) is 0 Å². The summed E-state index contributed by atoms with van der Waals surface area (Å²) in [5, 5.41) is 8.16. The summed E-state index contributed by atoms with van der Waals surface area (Å²) in [4.78, 5) is 0. The summed E-state index contributed by atoms with van der Waals surface area (Å²) in [6, 6.07) is 0. The molecule has 0 spiro atoms. The zero-order valence-corrected chi connectivity index (χ0v) is 6.15. The molecule has 0 unspecified atom stereocenters. The summed E-state index contributed by atoms with van der Waals surface area (Å²) < 4.78 is 24.2. The second kappa shape index (κ2) is 6.84. The van der Waals surface area contributed by atoms with Crippen molar-refractivity contribution in [3.63, 3.8) is 0 Å². The quantitative estimate of drug-likeness (QED) is 0.602. The Kier molecular flexibility index (Phi) is 9.40. The third-order valence-electron chi connectivity index (χ3n) is 0.648. The van der Waals surface area contributed by atoms with Crippen LogP contribution in [0.2, 0.25) is 0 Å². The van der Waals surface area contributed by atoms with Crippen LogP contribution in [0.25, 0.3) is 0 Å². The molecule has 0 aromatic heterocycles. The Bertz CT molecular complexity index is 156. The molecule has 0 aromatic rings. The topological polar surface area (TPSA) is 63.6 Å². The molecular formula is C3H8ClNaO4S. The maximum atomic E-state index is 10.3. The summed E-state index contributed by atoms with van der Waals surface area (Å²) in [6.07, 6.45) is 0.148. The molecule has 0 rings (SSSR count). The molecular weight excluding hydrogens is 191 g/mol. The van der Waals surface area contributed by atoms with Crippen LogP contribution in [0, 0.1) is 0 Å². The Labute approximate surface area is 87.1 Å². The normalized spacial score (nSPS) is 10.6. The van der Waals surface area contributed by atoms with Gasteiger partial charge in [-0.15, -0.1) is 0 Å². The Balaban J connectivity index is 0. The van der Waals surface area contributed by atoms with Crippen molar-refractivity contribution in [2.24, 2.45) is 0 Å². The van der Waals surface area contributed by atoms with E-state index in [1.807, 2.05) is 0 Å². The van der Waals surface area contributed by atoms with Crippen molar-refractivity contribution in [1.82, 2.24) is 0 Å². The number of aliphatic hydroxyl groups excluding tert-OH is 1. The van der Waals surface area contributed by atoms with Crippen LogP contribution in [0.15, 0.2) is 0 Å². The molecule has 10 heavy (non-hydrogen) atoms. The molecule has 0 bridgehead atoms. The van der Waals surface area contributed by atoms with Gasteiger partial charge in [-0.1, -0.05) is 0 Å². The van der Waals surface area contributed by atoms with Crippen LogP contribution in [0.4, 0.5) is 0 Å². The molecule has 0 aromatic carbocycles. The Morgan fingerprint density at radius 1 is 1.50 bits per heavy atom. The first-order valence-corrected chi connectivity index (χ1v) is 4.15. The first kappa shape index (κ1) is 13.7. The van der Waals surface area contributed by atoms with E-state index >= 15 is 0 Å². The SMILES string of the molecule is O=S(=O)(CCCO)OCl.[NaH]. The summed E-state index contributed by atoms with van der Waals surface area (Å²) in [5.74, 6) is -0.243. The number of halogens is 1. The second-order valence-corrected chi connectivity index (χ2v) is 3.43. The monoisotopic (exact) mass is 198 g/mol. The van der Waals surface area contributed by atoms with Crippen LogP contribution in [0.1, 0.15) is 6.42 Å². The number of aliphatic hydroxyl groups is 1. The van der Waals surface area contributed by atoms with Gasteiger partial charge in [-0.2, -0.15) is 12.2 Å². The molecule has 0 fully saturated rings. The molecule has 0 saturated carbocycles. The van der Waals surface area contributed by atoms with Gasteiger partial charge in [0.15, 0.2) is 0 Å². The van der Waals surface area contributed by atoms with Crippen LogP contribution in [-0.4, -0.2) is 55.4 Å². The fraction of sp³-hybridized carbons (Fsp3) is 1.00. The Hall–Kier alpha value is 1.16. The fourth-order valence-corrected chi connectivity index (χ4v) is 1.01. The minimum atomic E-state index is -3.58. The van der Waals surface area contributed by atoms with Crippen molar-refractivity contribution in [2.75, 3.05) is 12.4 Å². The molecule has 0 aliphatic heterocycles. The average molecular weight is 199 g/mol. The third-order valence-corrected chi connectivity index (χ3v) is 2.20. The molecule has 0 aliphatic carbocycles. The minimum absolute atomic E-state index is 0. The van der Waals surface area contributed by atoms with Crippen LogP contribution in [0.5, 0.6) is 0 Å². The van der Waals surface area contributed by atoms with Gasteiger partial charge in [0.25, 0.3) is 10.1 Å². The van der Waals surface area contributed by atoms with Crippen molar-refractivity contribution >= 4 is 51.5 Å². The molecule has 7 heteroatoms. The summed E-state index contributed by atoms with van der Waals surface area (Å²) >= 11 is 4.56. The Morgan fingerprint density at radius 3 is 2.30 bits per heavy atom. The number of hydrogen-bond donors (Lipinski definition) is 1. The first-order chi connectivity index (χ1) is 4.12. The fourth-order valence-electron chi connectivity index (χ4n) is 0.273. The van der Waals surface area contributed by atoms with Gasteiger partial charge in [0, 0.05) is 6.61 Å². The maximum absolute atomic E-state index is 10.3. The van der Waals surface area contributed by atoms with Crippen LogP contribution < -0.4 is 0 Å². The van der Waals surface area contributed by atoms with Gasteiger partial charge in [-0.3, -0.25) is 0 Å². The van der Waals surface area contributed by atoms with Crippen molar-refractivity contribution in [3.8, 4) is 0 Å². The number of hydrogen-bond acceptors (Lipinski definition) is 4. The van der Waals surface area contributed by atoms with E-state index in [2.05, 4.69) is 15.6 Å². The first-order valence-electron chi connectivity index (χ1n) is 2.26. The van der Waals surface area contributed by atoms with Gasteiger partial charge >= 0.3 is 29.6 Å². The molecule has 0 aliphatic rings. The van der Waals surface area contributed by atoms with E-state index < -0.39 is 10.1 Å². The van der Waals surface area contributed by atoms with Gasteiger partial charge in [0.1, 0.15) is 0 Å². The van der Waals surface area contributed by atoms with E-state index in [0.29, 0.717) is 0 Å². The van der Waals surface area contributed by atoms with Crippen LogP contribution in [-0.2, 0) is 13.9 Å². The standard InChI is InChI=1S/C3H7ClO4S.Na.H/c4-8-9(6,7)3-1-2-5;;/h5H,1-3H2;;. The zero-order valence-electron chi connectivity index (χ0n) is 4.58. The van der Waals surface area contributed by atoms with E-state index in [9.17, 15) is 8.42 Å². The molecule has 0 saturated heterocycles. The summed E-state index contributed by atoms with van der Waals surface area (Å²) in [5.41, 5.74) is 0. The predicted octanol–water partition coefficient (Wildman–Crippen LogP) is -0.780. The van der Waals surface area contributed by atoms with Gasteiger partial charge < -0.3 is 5.11 Å². The van der Waals surface area contributed by atoms with E-state index in [-0.39, 0.29) is 48.3 Å². The molecule has 0 radical (unpaired) electrons. The predicted molar refractivity (Wildman–Crippen MR) is 39.6 cm³/mol. The van der Waals surface area contributed by atoms with E-state index in [4.69, 9.17) is 5.11 Å². The van der Waals surface area contributed by atoms with Crippen LogP contribution >= 0.6 is 11.9 Å². The van der Waals surface area contributed by atoms with Gasteiger partial charge in [-0.05, 0) is 6.42 Å². The molecule has 0 amide bonds. The third kappa shape index (κ3) is 7.27. The van der Waals surface area contributed by atoms with Crippen molar-refractivity contribution < 1.29 is 17.3 Å². The van der Waals surface area contributed by atoms with Crippen molar-refractivity contribution in [2.45, 2.75) is 6.42 Å². The number of rotatable bonds is 4. The van der Waals surface area contributed by atoms with Gasteiger partial charge in [0.2, 0.25) is 0 Å². The van der Waals surface area contributed by atoms with E-state index in [1.54, 1.807) is 0 Å². The van der Waals surface area contributed by atoms with Crippen molar-refractivity contribution in [3.05, 3.63) is 0 Å². The van der Waals surface area contributed by atoms with Crippen LogP contribution in [0.3, 0.4) is 0 Å². The zero-order chi connectivity index (χ0) is 7.33. The average Bonchev–Trinajstić information content (AvgIpc) is 1.84. The van der Waals surface area contributed by atoms with Gasteiger partial charge in [-0.25, -0.2) is 0 Å².